The van der Waals surface area contributed by atoms with E-state index in [0.29, 0.717) is 0 Å². The zero-order valence-electron chi connectivity index (χ0n) is 10.6. The molecule has 0 aliphatic rings. The predicted octanol–water partition coefficient (Wildman–Crippen LogP) is 3.60. The Balaban J connectivity index is 2.33. The Morgan fingerprint density at radius 3 is 2.44 bits per heavy atom. The summed E-state index contributed by atoms with van der Waals surface area (Å²) >= 11 is 0. The first-order chi connectivity index (χ1) is 7.64. The molecule has 90 valence electrons. The minimum absolute atomic E-state index is 0.127. The van der Waals surface area contributed by atoms with E-state index in [4.69, 9.17) is 4.74 Å². The van der Waals surface area contributed by atoms with Gasteiger partial charge in [-0.2, -0.15) is 0 Å². The fourth-order valence-electron chi connectivity index (χ4n) is 1.69. The second-order valence-corrected chi connectivity index (χ2v) is 4.75. The number of aromatic nitrogens is 2. The molecule has 0 atom stereocenters. The van der Waals surface area contributed by atoms with Crippen LogP contribution in [-0.2, 0) is 0 Å². The van der Waals surface area contributed by atoms with E-state index in [-0.39, 0.29) is 5.60 Å². The average molecular weight is 222 g/mol. The fourth-order valence-corrected chi connectivity index (χ4v) is 1.69. The molecule has 0 spiro atoms. The third-order valence-electron chi connectivity index (χ3n) is 2.56. The Hall–Kier alpha value is -1.12. The highest BCUT2D eigenvalue weighted by Crippen LogP contribution is 2.21. The average Bonchev–Trinajstić information content (AvgIpc) is 2.25. The van der Waals surface area contributed by atoms with Crippen LogP contribution in [0.1, 0.15) is 52.9 Å². The van der Waals surface area contributed by atoms with Crippen LogP contribution >= 0.6 is 0 Å². The molecule has 0 aromatic carbocycles. The standard InChI is InChI=1S/C13H22N2O/c1-4-5-6-7-8-13(2,3)16-12-9-14-11-15-10-12/h9-11H,4-8H2,1-3H3. The third kappa shape index (κ3) is 5.10. The van der Waals surface area contributed by atoms with Crippen LogP contribution < -0.4 is 4.74 Å². The van der Waals surface area contributed by atoms with Crippen LogP contribution in [0.5, 0.6) is 5.75 Å². The molecule has 0 N–H and O–H groups in total. The lowest BCUT2D eigenvalue weighted by Crippen LogP contribution is -2.28. The number of rotatable bonds is 7. The normalized spacial score (nSPS) is 11.4. The van der Waals surface area contributed by atoms with Gasteiger partial charge in [-0.3, -0.25) is 0 Å². The summed E-state index contributed by atoms with van der Waals surface area (Å²) in [7, 11) is 0. The van der Waals surface area contributed by atoms with E-state index in [1.165, 1.54) is 32.0 Å². The van der Waals surface area contributed by atoms with Gasteiger partial charge in [0, 0.05) is 0 Å². The van der Waals surface area contributed by atoms with Crippen LogP contribution in [-0.4, -0.2) is 15.6 Å². The first-order valence-corrected chi connectivity index (χ1v) is 6.08. The molecule has 3 heteroatoms. The highest BCUT2D eigenvalue weighted by molar-refractivity contribution is 5.11. The van der Waals surface area contributed by atoms with Crippen LogP contribution in [0.3, 0.4) is 0 Å². The van der Waals surface area contributed by atoms with E-state index in [1.54, 1.807) is 12.4 Å². The highest BCUT2D eigenvalue weighted by atomic mass is 16.5. The zero-order valence-corrected chi connectivity index (χ0v) is 10.6. The summed E-state index contributed by atoms with van der Waals surface area (Å²) in [4.78, 5) is 7.88. The summed E-state index contributed by atoms with van der Waals surface area (Å²) in [6.45, 7) is 6.46. The topological polar surface area (TPSA) is 35.0 Å². The third-order valence-corrected chi connectivity index (χ3v) is 2.56. The monoisotopic (exact) mass is 222 g/mol. The van der Waals surface area contributed by atoms with E-state index in [1.807, 2.05) is 0 Å². The van der Waals surface area contributed by atoms with Crippen molar-refractivity contribution in [3.63, 3.8) is 0 Å². The summed E-state index contributed by atoms with van der Waals surface area (Å²) in [6.07, 6.45) is 11.1. The van der Waals surface area contributed by atoms with Crippen molar-refractivity contribution in [2.75, 3.05) is 0 Å². The summed E-state index contributed by atoms with van der Waals surface area (Å²) < 4.78 is 5.86. The van der Waals surface area contributed by atoms with E-state index < -0.39 is 0 Å². The van der Waals surface area contributed by atoms with E-state index in [2.05, 4.69) is 30.7 Å². The molecular weight excluding hydrogens is 200 g/mol. The molecule has 1 rings (SSSR count). The van der Waals surface area contributed by atoms with Gasteiger partial charge < -0.3 is 4.74 Å². The van der Waals surface area contributed by atoms with Crippen LogP contribution in [0, 0.1) is 0 Å². The van der Waals surface area contributed by atoms with Crippen molar-refractivity contribution in [1.82, 2.24) is 9.97 Å². The van der Waals surface area contributed by atoms with E-state index in [0.717, 1.165) is 12.2 Å². The quantitative estimate of drug-likeness (QED) is 0.661. The van der Waals surface area contributed by atoms with Crippen molar-refractivity contribution < 1.29 is 4.74 Å². The predicted molar refractivity (Wildman–Crippen MR) is 65.5 cm³/mol. The van der Waals surface area contributed by atoms with Crippen molar-refractivity contribution in [3.05, 3.63) is 18.7 Å². The molecule has 1 aromatic rings. The zero-order chi connectivity index (χ0) is 11.9. The molecule has 0 aliphatic heterocycles. The Labute approximate surface area is 98.3 Å². The van der Waals surface area contributed by atoms with Crippen molar-refractivity contribution in [1.29, 1.82) is 0 Å². The number of hydrogen-bond acceptors (Lipinski definition) is 3. The van der Waals surface area contributed by atoms with Gasteiger partial charge in [0.05, 0.1) is 12.4 Å². The number of unbranched alkanes of at least 4 members (excludes halogenated alkanes) is 3. The maximum Gasteiger partial charge on any atom is 0.156 e. The molecule has 0 bridgehead atoms. The van der Waals surface area contributed by atoms with Crippen LogP contribution in [0.2, 0.25) is 0 Å². The Bertz CT molecular complexity index is 285. The molecule has 0 radical (unpaired) electrons. The molecule has 1 aromatic heterocycles. The second-order valence-electron chi connectivity index (χ2n) is 4.75. The number of ether oxygens (including phenoxy) is 1. The van der Waals surface area contributed by atoms with Gasteiger partial charge in [-0.15, -0.1) is 0 Å². The minimum atomic E-state index is -0.127. The number of nitrogens with zero attached hydrogens (tertiary/aromatic N) is 2. The van der Waals surface area contributed by atoms with Gasteiger partial charge in [0.25, 0.3) is 0 Å². The van der Waals surface area contributed by atoms with Crippen molar-refractivity contribution in [2.45, 2.75) is 58.5 Å². The largest absolute Gasteiger partial charge is 0.485 e. The lowest BCUT2D eigenvalue weighted by atomic mass is 10.00. The van der Waals surface area contributed by atoms with Gasteiger partial charge in [-0.05, 0) is 26.7 Å². The molecule has 0 amide bonds. The summed E-state index contributed by atoms with van der Waals surface area (Å²) in [5.41, 5.74) is -0.127. The van der Waals surface area contributed by atoms with Crippen molar-refractivity contribution in [2.24, 2.45) is 0 Å². The van der Waals surface area contributed by atoms with Gasteiger partial charge in [0.1, 0.15) is 11.9 Å². The first kappa shape index (κ1) is 12.9. The van der Waals surface area contributed by atoms with Crippen LogP contribution in [0.15, 0.2) is 18.7 Å². The maximum atomic E-state index is 5.86. The van der Waals surface area contributed by atoms with Crippen molar-refractivity contribution in [3.8, 4) is 5.75 Å². The molecule has 1 heterocycles. The summed E-state index contributed by atoms with van der Waals surface area (Å²) in [5.74, 6) is 0.753. The summed E-state index contributed by atoms with van der Waals surface area (Å²) in [6, 6.07) is 0. The van der Waals surface area contributed by atoms with Crippen LogP contribution in [0.4, 0.5) is 0 Å². The molecule has 0 saturated carbocycles. The molecule has 16 heavy (non-hydrogen) atoms. The fraction of sp³-hybridized carbons (Fsp3) is 0.692. The highest BCUT2D eigenvalue weighted by Gasteiger charge is 2.19. The maximum absolute atomic E-state index is 5.86. The van der Waals surface area contributed by atoms with Gasteiger partial charge in [0.2, 0.25) is 0 Å². The number of hydrogen-bond donors (Lipinski definition) is 0. The molecule has 0 fully saturated rings. The smallest absolute Gasteiger partial charge is 0.156 e. The van der Waals surface area contributed by atoms with Gasteiger partial charge in [-0.25, -0.2) is 9.97 Å². The van der Waals surface area contributed by atoms with E-state index >= 15 is 0 Å². The SMILES string of the molecule is CCCCCCC(C)(C)Oc1cncnc1. The second kappa shape index (κ2) is 6.46. The Kier molecular flexibility index (Phi) is 5.23. The molecule has 0 aliphatic carbocycles. The van der Waals surface area contributed by atoms with Crippen LogP contribution in [0.25, 0.3) is 0 Å². The Morgan fingerprint density at radius 2 is 1.81 bits per heavy atom. The van der Waals surface area contributed by atoms with E-state index in [9.17, 15) is 0 Å². The molecular formula is C13H22N2O. The molecule has 0 saturated heterocycles. The van der Waals surface area contributed by atoms with Gasteiger partial charge in [-0.1, -0.05) is 26.2 Å². The first-order valence-electron chi connectivity index (χ1n) is 6.08. The Morgan fingerprint density at radius 1 is 1.12 bits per heavy atom. The summed E-state index contributed by atoms with van der Waals surface area (Å²) in [5, 5.41) is 0. The molecule has 0 unspecified atom stereocenters. The van der Waals surface area contributed by atoms with Gasteiger partial charge >= 0.3 is 0 Å². The lowest BCUT2D eigenvalue weighted by molar-refractivity contribution is 0.0951. The molecule has 3 nitrogen and oxygen atoms in total. The van der Waals surface area contributed by atoms with Crippen molar-refractivity contribution >= 4 is 0 Å². The lowest BCUT2D eigenvalue weighted by Gasteiger charge is -2.26. The van der Waals surface area contributed by atoms with Gasteiger partial charge in [0.15, 0.2) is 5.75 Å². The minimum Gasteiger partial charge on any atom is -0.485 e.